The fraction of sp³-hybridized carbons (Fsp3) is 0.588. The second-order valence-corrected chi connectivity index (χ2v) is 7.43. The van der Waals surface area contributed by atoms with Crippen LogP contribution in [0.3, 0.4) is 0 Å². The third-order valence-electron chi connectivity index (χ3n) is 3.71. The summed E-state index contributed by atoms with van der Waals surface area (Å²) in [6.07, 6.45) is 4.11. The van der Waals surface area contributed by atoms with Gasteiger partial charge in [0.1, 0.15) is 11.5 Å². The summed E-state index contributed by atoms with van der Waals surface area (Å²) in [5, 5.41) is 0. The van der Waals surface area contributed by atoms with Crippen molar-refractivity contribution >= 4 is 16.1 Å². The summed E-state index contributed by atoms with van der Waals surface area (Å²) in [7, 11) is -3.73. The van der Waals surface area contributed by atoms with Crippen LogP contribution in [0.2, 0.25) is 0 Å². The molecule has 2 rings (SSSR count). The van der Waals surface area contributed by atoms with E-state index in [-0.39, 0.29) is 17.6 Å². The van der Waals surface area contributed by atoms with E-state index in [1.807, 2.05) is 6.92 Å². The van der Waals surface area contributed by atoms with E-state index >= 15 is 0 Å². The van der Waals surface area contributed by atoms with Crippen LogP contribution < -0.4 is 4.18 Å². The highest BCUT2D eigenvalue weighted by molar-refractivity contribution is 7.87. The van der Waals surface area contributed by atoms with Gasteiger partial charge < -0.3 is 13.7 Å². The van der Waals surface area contributed by atoms with Crippen LogP contribution >= 0.6 is 0 Å². The van der Waals surface area contributed by atoms with Crippen LogP contribution in [0.15, 0.2) is 24.3 Å². The van der Waals surface area contributed by atoms with Gasteiger partial charge in [-0.3, -0.25) is 0 Å². The van der Waals surface area contributed by atoms with Crippen molar-refractivity contribution in [2.45, 2.75) is 45.1 Å². The molecule has 7 heteroatoms. The number of benzene rings is 1. The lowest BCUT2D eigenvalue weighted by atomic mass is 10.1. The van der Waals surface area contributed by atoms with Gasteiger partial charge in [0, 0.05) is 6.61 Å². The zero-order chi connectivity index (χ0) is 17.4. The van der Waals surface area contributed by atoms with Gasteiger partial charge in [-0.15, -0.1) is 0 Å². The second kappa shape index (κ2) is 9.03. The molecule has 1 fully saturated rings. The fourth-order valence-corrected chi connectivity index (χ4v) is 3.58. The van der Waals surface area contributed by atoms with E-state index in [1.54, 1.807) is 0 Å². The molecule has 0 saturated carbocycles. The Labute approximate surface area is 143 Å². The van der Waals surface area contributed by atoms with Crippen molar-refractivity contribution in [3.05, 3.63) is 29.8 Å². The largest absolute Gasteiger partial charge is 0.462 e. The Hall–Kier alpha value is -1.60. The van der Waals surface area contributed by atoms with E-state index in [4.69, 9.17) is 13.7 Å². The van der Waals surface area contributed by atoms with Gasteiger partial charge in [0.25, 0.3) is 0 Å². The quantitative estimate of drug-likeness (QED) is 0.405. The van der Waals surface area contributed by atoms with E-state index in [9.17, 15) is 13.2 Å². The Morgan fingerprint density at radius 2 is 2.00 bits per heavy atom. The Kier molecular flexibility index (Phi) is 7.05. The van der Waals surface area contributed by atoms with Crippen molar-refractivity contribution < 1.29 is 26.9 Å². The molecule has 0 aromatic heterocycles. The highest BCUT2D eigenvalue weighted by Crippen LogP contribution is 2.19. The molecule has 6 nitrogen and oxygen atoms in total. The molecule has 1 saturated heterocycles. The molecule has 1 aliphatic rings. The van der Waals surface area contributed by atoms with Gasteiger partial charge >= 0.3 is 16.1 Å². The van der Waals surface area contributed by atoms with Crippen LogP contribution in [-0.4, -0.2) is 39.5 Å². The monoisotopic (exact) mass is 356 g/mol. The van der Waals surface area contributed by atoms with Crippen molar-refractivity contribution in [2.75, 3.05) is 19.0 Å². The zero-order valence-electron chi connectivity index (χ0n) is 13.9. The van der Waals surface area contributed by atoms with Crippen molar-refractivity contribution in [3.63, 3.8) is 0 Å². The lowest BCUT2D eigenvalue weighted by Gasteiger charge is -2.22. The molecule has 0 spiro atoms. The molecule has 134 valence electrons. The molecule has 0 N–H and O–H groups in total. The normalized spacial score (nSPS) is 18.1. The summed E-state index contributed by atoms with van der Waals surface area (Å²) >= 11 is 0. The van der Waals surface area contributed by atoms with Crippen LogP contribution in [0.1, 0.15) is 49.4 Å². The Balaban J connectivity index is 1.89. The minimum absolute atomic E-state index is 0.159. The zero-order valence-corrected chi connectivity index (χ0v) is 14.7. The topological polar surface area (TPSA) is 78.9 Å². The number of esters is 1. The van der Waals surface area contributed by atoms with Crippen LogP contribution in [-0.2, 0) is 19.6 Å². The van der Waals surface area contributed by atoms with Gasteiger partial charge in [0.05, 0.1) is 18.3 Å². The van der Waals surface area contributed by atoms with Gasteiger partial charge in [-0.05, 0) is 49.9 Å². The number of ether oxygens (including phenoxy) is 2. The fourth-order valence-electron chi connectivity index (χ4n) is 2.39. The van der Waals surface area contributed by atoms with Crippen LogP contribution in [0.25, 0.3) is 0 Å². The summed E-state index contributed by atoms with van der Waals surface area (Å²) < 4.78 is 39.7. The first-order valence-electron chi connectivity index (χ1n) is 8.31. The molecular weight excluding hydrogens is 332 g/mol. The Morgan fingerprint density at radius 1 is 1.25 bits per heavy atom. The third-order valence-corrected chi connectivity index (χ3v) is 4.93. The lowest BCUT2D eigenvalue weighted by Crippen LogP contribution is -2.29. The molecule has 24 heavy (non-hydrogen) atoms. The van der Waals surface area contributed by atoms with Crippen LogP contribution in [0.5, 0.6) is 5.75 Å². The van der Waals surface area contributed by atoms with Crippen molar-refractivity contribution in [3.8, 4) is 5.75 Å². The first-order chi connectivity index (χ1) is 11.5. The predicted octanol–water partition coefficient (Wildman–Crippen LogP) is 2.92. The van der Waals surface area contributed by atoms with Crippen molar-refractivity contribution in [1.82, 2.24) is 0 Å². The molecule has 0 aliphatic carbocycles. The smallest absolute Gasteiger partial charge is 0.338 e. The minimum atomic E-state index is -3.73. The van der Waals surface area contributed by atoms with E-state index < -0.39 is 16.1 Å². The maximum absolute atomic E-state index is 12.1. The van der Waals surface area contributed by atoms with Crippen molar-refractivity contribution in [1.29, 1.82) is 0 Å². The Morgan fingerprint density at radius 3 is 2.62 bits per heavy atom. The molecule has 1 aromatic rings. The van der Waals surface area contributed by atoms with E-state index in [2.05, 4.69) is 0 Å². The predicted molar refractivity (Wildman–Crippen MR) is 89.6 cm³/mol. The maximum Gasteiger partial charge on any atom is 0.338 e. The number of unbranched alkanes of at least 4 members (excludes halogenated alkanes) is 1. The SMILES string of the molecule is CCCCOC(=O)c1ccc(OS(=O)(=O)CC2CCCCO2)cc1. The molecule has 0 amide bonds. The molecule has 0 radical (unpaired) electrons. The maximum atomic E-state index is 12.1. The summed E-state index contributed by atoms with van der Waals surface area (Å²) in [5.41, 5.74) is 0.367. The third kappa shape index (κ3) is 6.13. The number of hydrogen-bond acceptors (Lipinski definition) is 6. The number of rotatable bonds is 8. The van der Waals surface area contributed by atoms with Crippen LogP contribution in [0, 0.1) is 0 Å². The summed E-state index contributed by atoms with van der Waals surface area (Å²) in [4.78, 5) is 11.8. The second-order valence-electron chi connectivity index (χ2n) is 5.81. The average Bonchev–Trinajstić information content (AvgIpc) is 2.55. The highest BCUT2D eigenvalue weighted by atomic mass is 32.2. The summed E-state index contributed by atoms with van der Waals surface area (Å²) in [5.74, 6) is -0.405. The summed E-state index contributed by atoms with van der Waals surface area (Å²) in [6.45, 7) is 2.98. The Bertz CT molecular complexity index is 617. The lowest BCUT2D eigenvalue weighted by molar-refractivity contribution is 0.0298. The molecule has 1 atom stereocenters. The molecule has 1 aromatic carbocycles. The van der Waals surface area contributed by atoms with Crippen LogP contribution in [0.4, 0.5) is 0 Å². The van der Waals surface area contributed by atoms with Gasteiger partial charge in [0.15, 0.2) is 0 Å². The summed E-state index contributed by atoms with van der Waals surface area (Å²) in [6, 6.07) is 5.90. The van der Waals surface area contributed by atoms with Gasteiger partial charge in [-0.1, -0.05) is 13.3 Å². The highest BCUT2D eigenvalue weighted by Gasteiger charge is 2.23. The molecule has 1 aliphatic heterocycles. The molecule has 1 heterocycles. The van der Waals surface area contributed by atoms with Gasteiger partial charge in [-0.25, -0.2) is 4.79 Å². The number of hydrogen-bond donors (Lipinski definition) is 0. The number of carbonyl (C=O) groups is 1. The molecule has 0 bridgehead atoms. The number of carbonyl (C=O) groups excluding carboxylic acids is 1. The van der Waals surface area contributed by atoms with Crippen molar-refractivity contribution in [2.24, 2.45) is 0 Å². The first-order valence-corrected chi connectivity index (χ1v) is 9.89. The van der Waals surface area contributed by atoms with Gasteiger partial charge in [-0.2, -0.15) is 8.42 Å². The molecule has 1 unspecified atom stereocenters. The minimum Gasteiger partial charge on any atom is -0.462 e. The average molecular weight is 356 g/mol. The first kappa shape index (κ1) is 18.7. The molecular formula is C17H24O6S. The van der Waals surface area contributed by atoms with E-state index in [1.165, 1.54) is 24.3 Å². The van der Waals surface area contributed by atoms with Gasteiger partial charge in [0.2, 0.25) is 0 Å². The standard InChI is InChI=1S/C17H24O6S/c1-2-3-11-22-17(18)14-7-9-15(10-8-14)23-24(19,20)13-16-6-4-5-12-21-16/h7-10,16H,2-6,11-13H2,1H3. The van der Waals surface area contributed by atoms with E-state index in [0.29, 0.717) is 18.8 Å². The van der Waals surface area contributed by atoms with E-state index in [0.717, 1.165) is 32.1 Å².